The molecule has 2 unspecified atom stereocenters. The summed E-state index contributed by atoms with van der Waals surface area (Å²) in [4.78, 5) is 0. The van der Waals surface area contributed by atoms with E-state index >= 15 is 0 Å². The maximum atomic E-state index is 9.77. The van der Waals surface area contributed by atoms with Crippen molar-refractivity contribution in [2.24, 2.45) is 0 Å². The molecule has 1 heterocycles. The summed E-state index contributed by atoms with van der Waals surface area (Å²) >= 11 is 0. The first-order chi connectivity index (χ1) is 8.53. The molecule has 100 valence electrons. The number of aliphatic hydroxyl groups excluding tert-OH is 1. The van der Waals surface area contributed by atoms with E-state index < -0.39 is 0 Å². The SMILES string of the molecule is Cc1ccc(NC2(CO)CC(C)OC(C)C2)cc1. The summed E-state index contributed by atoms with van der Waals surface area (Å²) in [5, 5.41) is 13.3. The van der Waals surface area contributed by atoms with Gasteiger partial charge in [0.05, 0.1) is 24.4 Å². The van der Waals surface area contributed by atoms with E-state index in [1.807, 2.05) is 0 Å². The van der Waals surface area contributed by atoms with E-state index in [4.69, 9.17) is 4.74 Å². The highest BCUT2D eigenvalue weighted by molar-refractivity contribution is 5.47. The molecule has 2 rings (SSSR count). The lowest BCUT2D eigenvalue weighted by Gasteiger charge is -2.43. The van der Waals surface area contributed by atoms with Gasteiger partial charge < -0.3 is 15.2 Å². The quantitative estimate of drug-likeness (QED) is 0.865. The molecule has 1 fully saturated rings. The largest absolute Gasteiger partial charge is 0.394 e. The minimum absolute atomic E-state index is 0.138. The van der Waals surface area contributed by atoms with Crippen LogP contribution in [0.15, 0.2) is 24.3 Å². The van der Waals surface area contributed by atoms with Gasteiger partial charge in [-0.1, -0.05) is 17.7 Å². The molecule has 3 nitrogen and oxygen atoms in total. The molecule has 0 aromatic heterocycles. The highest BCUT2D eigenvalue weighted by Gasteiger charge is 2.38. The molecule has 18 heavy (non-hydrogen) atoms. The molecule has 1 aliphatic rings. The first kappa shape index (κ1) is 13.4. The molecule has 1 aromatic carbocycles. The normalized spacial score (nSPS) is 32.2. The Morgan fingerprint density at radius 1 is 1.22 bits per heavy atom. The average Bonchev–Trinajstić information content (AvgIpc) is 2.31. The van der Waals surface area contributed by atoms with Crippen molar-refractivity contribution in [1.82, 2.24) is 0 Å². The lowest BCUT2D eigenvalue weighted by molar-refractivity contribution is -0.0653. The van der Waals surface area contributed by atoms with Crippen LogP contribution in [0.25, 0.3) is 0 Å². The number of benzene rings is 1. The summed E-state index contributed by atoms with van der Waals surface area (Å²) in [7, 11) is 0. The topological polar surface area (TPSA) is 41.5 Å². The molecule has 0 amide bonds. The summed E-state index contributed by atoms with van der Waals surface area (Å²) in [5.41, 5.74) is 2.05. The van der Waals surface area contributed by atoms with E-state index in [-0.39, 0.29) is 24.4 Å². The monoisotopic (exact) mass is 249 g/mol. The van der Waals surface area contributed by atoms with Crippen LogP contribution in [-0.2, 0) is 4.74 Å². The zero-order valence-electron chi connectivity index (χ0n) is 11.4. The Balaban J connectivity index is 2.14. The van der Waals surface area contributed by atoms with Crippen molar-refractivity contribution in [2.45, 2.75) is 51.4 Å². The van der Waals surface area contributed by atoms with E-state index in [9.17, 15) is 5.11 Å². The first-order valence-electron chi connectivity index (χ1n) is 6.64. The summed E-state index contributed by atoms with van der Waals surface area (Å²) in [6.45, 7) is 6.34. The van der Waals surface area contributed by atoms with Crippen LogP contribution in [0.2, 0.25) is 0 Å². The zero-order chi connectivity index (χ0) is 13.2. The number of hydrogen-bond donors (Lipinski definition) is 2. The predicted molar refractivity (Wildman–Crippen MR) is 73.9 cm³/mol. The van der Waals surface area contributed by atoms with Gasteiger partial charge in [0.25, 0.3) is 0 Å². The van der Waals surface area contributed by atoms with Crippen LogP contribution in [0.5, 0.6) is 0 Å². The first-order valence-corrected chi connectivity index (χ1v) is 6.64. The Kier molecular flexibility index (Phi) is 3.93. The fourth-order valence-electron chi connectivity index (χ4n) is 2.89. The number of anilines is 1. The maximum absolute atomic E-state index is 9.77. The van der Waals surface area contributed by atoms with Crippen molar-refractivity contribution in [3.05, 3.63) is 29.8 Å². The zero-order valence-corrected chi connectivity index (χ0v) is 11.4. The number of nitrogens with one attached hydrogen (secondary N) is 1. The Morgan fingerprint density at radius 3 is 2.28 bits per heavy atom. The fourth-order valence-corrected chi connectivity index (χ4v) is 2.89. The summed E-state index contributed by atoms with van der Waals surface area (Å²) in [6.07, 6.45) is 2.03. The molecule has 1 aliphatic heterocycles. The minimum atomic E-state index is -0.258. The molecule has 2 atom stereocenters. The molecule has 1 saturated heterocycles. The number of aryl methyl sites for hydroxylation is 1. The Hall–Kier alpha value is -1.06. The molecule has 0 bridgehead atoms. The van der Waals surface area contributed by atoms with Gasteiger partial charge in [-0.3, -0.25) is 0 Å². The van der Waals surface area contributed by atoms with Gasteiger partial charge in [-0.05, 0) is 45.7 Å². The third-order valence-electron chi connectivity index (χ3n) is 3.58. The molecular formula is C15H23NO2. The Morgan fingerprint density at radius 2 is 1.78 bits per heavy atom. The molecule has 3 heteroatoms. The maximum Gasteiger partial charge on any atom is 0.0663 e. The number of rotatable bonds is 3. The number of hydrogen-bond acceptors (Lipinski definition) is 3. The van der Waals surface area contributed by atoms with Gasteiger partial charge >= 0.3 is 0 Å². The molecule has 0 spiro atoms. The highest BCUT2D eigenvalue weighted by atomic mass is 16.5. The smallest absolute Gasteiger partial charge is 0.0663 e. The van der Waals surface area contributed by atoms with Crippen molar-refractivity contribution in [3.63, 3.8) is 0 Å². The van der Waals surface area contributed by atoms with Gasteiger partial charge in [-0.25, -0.2) is 0 Å². The third-order valence-corrected chi connectivity index (χ3v) is 3.58. The van der Waals surface area contributed by atoms with Gasteiger partial charge in [-0.15, -0.1) is 0 Å². The van der Waals surface area contributed by atoms with Crippen LogP contribution in [-0.4, -0.2) is 29.5 Å². The second-order valence-corrected chi connectivity index (χ2v) is 5.60. The second kappa shape index (κ2) is 5.29. The van der Waals surface area contributed by atoms with Gasteiger partial charge in [-0.2, -0.15) is 0 Å². The van der Waals surface area contributed by atoms with E-state index in [0.29, 0.717) is 0 Å². The van der Waals surface area contributed by atoms with Crippen molar-refractivity contribution >= 4 is 5.69 Å². The number of aliphatic hydroxyl groups is 1. The van der Waals surface area contributed by atoms with E-state index in [0.717, 1.165) is 18.5 Å². The lowest BCUT2D eigenvalue weighted by atomic mass is 9.84. The fraction of sp³-hybridized carbons (Fsp3) is 0.600. The molecule has 0 aliphatic carbocycles. The van der Waals surface area contributed by atoms with E-state index in [2.05, 4.69) is 50.4 Å². The minimum Gasteiger partial charge on any atom is -0.394 e. The van der Waals surface area contributed by atoms with Gasteiger partial charge in [0.15, 0.2) is 0 Å². The van der Waals surface area contributed by atoms with Gasteiger partial charge in [0, 0.05) is 5.69 Å². The molecule has 0 radical (unpaired) electrons. The lowest BCUT2D eigenvalue weighted by Crippen LogP contribution is -2.51. The van der Waals surface area contributed by atoms with Crippen LogP contribution in [0.3, 0.4) is 0 Å². The Bertz CT molecular complexity index is 378. The van der Waals surface area contributed by atoms with Crippen molar-refractivity contribution in [3.8, 4) is 0 Å². The van der Waals surface area contributed by atoms with Crippen molar-refractivity contribution in [2.75, 3.05) is 11.9 Å². The molecule has 0 saturated carbocycles. The van der Waals surface area contributed by atoms with Crippen molar-refractivity contribution < 1.29 is 9.84 Å². The van der Waals surface area contributed by atoms with Gasteiger partial charge in [0.2, 0.25) is 0 Å². The van der Waals surface area contributed by atoms with Crippen LogP contribution in [0, 0.1) is 6.92 Å². The standard InChI is InChI=1S/C15H23NO2/c1-11-4-6-14(7-5-11)16-15(10-17)8-12(2)18-13(3)9-15/h4-7,12-13,16-17H,8-10H2,1-3H3. The van der Waals surface area contributed by atoms with Gasteiger partial charge in [0.1, 0.15) is 0 Å². The van der Waals surface area contributed by atoms with E-state index in [1.165, 1.54) is 5.56 Å². The summed E-state index contributed by atoms with van der Waals surface area (Å²) in [6, 6.07) is 8.30. The van der Waals surface area contributed by atoms with E-state index in [1.54, 1.807) is 0 Å². The molecular weight excluding hydrogens is 226 g/mol. The highest BCUT2D eigenvalue weighted by Crippen LogP contribution is 2.32. The van der Waals surface area contributed by atoms with Crippen molar-refractivity contribution in [1.29, 1.82) is 0 Å². The summed E-state index contributed by atoms with van der Waals surface area (Å²) in [5.74, 6) is 0. The Labute approximate surface area is 109 Å². The predicted octanol–water partition coefficient (Wildman–Crippen LogP) is 2.73. The molecule has 1 aromatic rings. The average molecular weight is 249 g/mol. The van der Waals surface area contributed by atoms with Crippen LogP contribution in [0.1, 0.15) is 32.3 Å². The van der Waals surface area contributed by atoms with Crippen LogP contribution < -0.4 is 5.32 Å². The second-order valence-electron chi connectivity index (χ2n) is 5.60. The van der Waals surface area contributed by atoms with Crippen LogP contribution >= 0.6 is 0 Å². The molecule has 2 N–H and O–H groups in total. The summed E-state index contributed by atoms with van der Waals surface area (Å²) < 4.78 is 5.75. The van der Waals surface area contributed by atoms with Crippen LogP contribution in [0.4, 0.5) is 5.69 Å². The number of ether oxygens (including phenoxy) is 1. The third kappa shape index (κ3) is 3.03.